The monoisotopic (exact) mass is 459 g/mol. The molecule has 1 aromatic carbocycles. The number of fused-ring (bicyclic) bond motifs is 1. The molecule has 3 heterocycles. The van der Waals surface area contributed by atoms with Gasteiger partial charge in [-0.1, -0.05) is 24.7 Å². The van der Waals surface area contributed by atoms with Crippen LogP contribution in [0.5, 0.6) is 0 Å². The van der Waals surface area contributed by atoms with Crippen molar-refractivity contribution in [2.45, 2.75) is 19.8 Å². The normalized spacial score (nSPS) is 14.6. The standard InChI is InChI=1S/C21H26FN7O2S/c1-2-3-8-23-19(31)25-18(30)14-27-9-11-28(12-10-27)21-26-29-13-17(24-20(29)32-21)15-4-6-16(22)7-5-15/h4-7,13H,2-3,8-12,14H2,1H3,(H2,23,25,30,31). The lowest BCUT2D eigenvalue weighted by molar-refractivity contribution is -0.121. The van der Waals surface area contributed by atoms with Gasteiger partial charge in [-0.3, -0.25) is 15.0 Å². The Bertz CT molecular complexity index is 1040. The Labute approximate surface area is 189 Å². The van der Waals surface area contributed by atoms with E-state index in [1.165, 1.54) is 23.5 Å². The van der Waals surface area contributed by atoms with Crippen LogP contribution in [-0.4, -0.2) is 70.7 Å². The number of anilines is 1. The summed E-state index contributed by atoms with van der Waals surface area (Å²) in [4.78, 5) is 33.4. The Balaban J connectivity index is 1.27. The number of hydrogen-bond acceptors (Lipinski definition) is 7. The Morgan fingerprint density at radius 1 is 1.16 bits per heavy atom. The quantitative estimate of drug-likeness (QED) is 0.527. The van der Waals surface area contributed by atoms with Crippen molar-refractivity contribution in [3.05, 3.63) is 36.3 Å². The molecule has 1 aliphatic heterocycles. The highest BCUT2D eigenvalue weighted by Crippen LogP contribution is 2.27. The van der Waals surface area contributed by atoms with Crippen LogP contribution < -0.4 is 15.5 Å². The predicted octanol–water partition coefficient (Wildman–Crippen LogP) is 2.34. The summed E-state index contributed by atoms with van der Waals surface area (Å²) in [6.45, 7) is 5.67. The van der Waals surface area contributed by atoms with E-state index < -0.39 is 6.03 Å². The molecule has 1 aliphatic rings. The zero-order chi connectivity index (χ0) is 22.5. The number of benzene rings is 1. The molecule has 170 valence electrons. The highest BCUT2D eigenvalue weighted by atomic mass is 32.1. The van der Waals surface area contributed by atoms with E-state index in [2.05, 4.69) is 25.6 Å². The number of rotatable bonds is 7. The van der Waals surface area contributed by atoms with E-state index in [0.29, 0.717) is 19.6 Å². The smallest absolute Gasteiger partial charge is 0.321 e. The van der Waals surface area contributed by atoms with E-state index in [9.17, 15) is 14.0 Å². The fourth-order valence-electron chi connectivity index (χ4n) is 3.47. The molecule has 0 aliphatic carbocycles. The summed E-state index contributed by atoms with van der Waals surface area (Å²) >= 11 is 1.50. The van der Waals surface area contributed by atoms with Gasteiger partial charge in [-0.2, -0.15) is 0 Å². The molecule has 2 N–H and O–H groups in total. The molecule has 32 heavy (non-hydrogen) atoms. The van der Waals surface area contributed by atoms with Gasteiger partial charge in [0, 0.05) is 38.3 Å². The van der Waals surface area contributed by atoms with Crippen LogP contribution in [0.1, 0.15) is 19.8 Å². The van der Waals surface area contributed by atoms with Crippen LogP contribution >= 0.6 is 11.3 Å². The maximum Gasteiger partial charge on any atom is 0.321 e. The Hall–Kier alpha value is -3.05. The molecule has 3 amide bonds. The van der Waals surface area contributed by atoms with E-state index in [1.54, 1.807) is 16.6 Å². The maximum atomic E-state index is 13.1. The van der Waals surface area contributed by atoms with Gasteiger partial charge in [-0.25, -0.2) is 18.7 Å². The van der Waals surface area contributed by atoms with Gasteiger partial charge in [0.2, 0.25) is 16.0 Å². The van der Waals surface area contributed by atoms with Crippen molar-refractivity contribution >= 4 is 33.4 Å². The summed E-state index contributed by atoms with van der Waals surface area (Å²) in [5, 5.41) is 10.6. The van der Waals surface area contributed by atoms with Crippen molar-refractivity contribution in [1.29, 1.82) is 0 Å². The van der Waals surface area contributed by atoms with Gasteiger partial charge >= 0.3 is 6.03 Å². The number of nitrogens with one attached hydrogen (secondary N) is 2. The van der Waals surface area contributed by atoms with Crippen molar-refractivity contribution < 1.29 is 14.0 Å². The molecule has 0 bridgehead atoms. The van der Waals surface area contributed by atoms with Gasteiger partial charge < -0.3 is 10.2 Å². The molecule has 0 saturated carbocycles. The van der Waals surface area contributed by atoms with E-state index in [-0.39, 0.29) is 18.3 Å². The van der Waals surface area contributed by atoms with Crippen LogP contribution in [0.4, 0.5) is 14.3 Å². The summed E-state index contributed by atoms with van der Waals surface area (Å²) < 4.78 is 14.9. The molecule has 1 saturated heterocycles. The second kappa shape index (κ2) is 10.0. The van der Waals surface area contributed by atoms with Crippen molar-refractivity contribution in [2.75, 3.05) is 44.2 Å². The van der Waals surface area contributed by atoms with Crippen molar-refractivity contribution in [1.82, 2.24) is 30.1 Å². The number of carbonyl (C=O) groups is 2. The molecule has 4 rings (SSSR count). The van der Waals surface area contributed by atoms with Crippen molar-refractivity contribution in [3.8, 4) is 11.3 Å². The zero-order valence-electron chi connectivity index (χ0n) is 17.9. The van der Waals surface area contributed by atoms with Gasteiger partial charge in [0.15, 0.2) is 0 Å². The number of imidazole rings is 1. The predicted molar refractivity (Wildman–Crippen MR) is 121 cm³/mol. The molecule has 0 spiro atoms. The molecule has 3 aromatic rings. The first-order valence-electron chi connectivity index (χ1n) is 10.7. The number of urea groups is 1. The third-order valence-electron chi connectivity index (χ3n) is 5.25. The lowest BCUT2D eigenvalue weighted by Crippen LogP contribution is -2.51. The minimum atomic E-state index is -0.437. The molecular weight excluding hydrogens is 433 g/mol. The molecule has 9 nitrogen and oxygen atoms in total. The fourth-order valence-corrected chi connectivity index (χ4v) is 4.40. The molecular formula is C21H26FN7O2S. The topological polar surface area (TPSA) is 94.9 Å². The SMILES string of the molecule is CCCCNC(=O)NC(=O)CN1CCN(c2nn3cc(-c4ccc(F)cc4)nc3s2)CC1. The van der Waals surface area contributed by atoms with Crippen LogP contribution in [0, 0.1) is 5.82 Å². The van der Waals surface area contributed by atoms with Crippen LogP contribution in [0.3, 0.4) is 0 Å². The summed E-state index contributed by atoms with van der Waals surface area (Å²) in [5.41, 5.74) is 1.60. The average Bonchev–Trinajstić information content (AvgIpc) is 3.34. The summed E-state index contributed by atoms with van der Waals surface area (Å²) in [7, 11) is 0. The summed E-state index contributed by atoms with van der Waals surface area (Å²) in [6.07, 6.45) is 3.71. The van der Waals surface area contributed by atoms with E-state index in [0.717, 1.165) is 47.3 Å². The fraction of sp³-hybridized carbons (Fsp3) is 0.429. The molecule has 2 aromatic heterocycles. The number of halogens is 1. The minimum Gasteiger partial charge on any atom is -0.344 e. The molecule has 0 unspecified atom stereocenters. The highest BCUT2D eigenvalue weighted by Gasteiger charge is 2.22. The summed E-state index contributed by atoms with van der Waals surface area (Å²) in [6, 6.07) is 5.80. The van der Waals surface area contributed by atoms with Gasteiger partial charge in [0.05, 0.1) is 18.4 Å². The number of imide groups is 1. The molecule has 0 radical (unpaired) electrons. The number of aromatic nitrogens is 3. The average molecular weight is 460 g/mol. The van der Waals surface area contributed by atoms with Gasteiger partial charge in [-0.05, 0) is 30.7 Å². The van der Waals surface area contributed by atoms with Crippen LogP contribution in [-0.2, 0) is 4.79 Å². The van der Waals surface area contributed by atoms with Crippen LogP contribution in [0.15, 0.2) is 30.5 Å². The van der Waals surface area contributed by atoms with E-state index in [4.69, 9.17) is 0 Å². The third kappa shape index (κ3) is 5.40. The summed E-state index contributed by atoms with van der Waals surface area (Å²) in [5.74, 6) is -0.574. The first-order chi connectivity index (χ1) is 15.5. The molecule has 1 fully saturated rings. The largest absolute Gasteiger partial charge is 0.344 e. The van der Waals surface area contributed by atoms with Crippen LogP contribution in [0.25, 0.3) is 16.2 Å². The van der Waals surface area contributed by atoms with Crippen molar-refractivity contribution in [3.63, 3.8) is 0 Å². The first-order valence-corrected chi connectivity index (χ1v) is 11.5. The Morgan fingerprint density at radius 3 is 2.59 bits per heavy atom. The number of unbranched alkanes of at least 4 members (excludes halogenated alkanes) is 1. The van der Waals surface area contributed by atoms with Gasteiger partial charge in [-0.15, -0.1) is 5.10 Å². The third-order valence-corrected chi connectivity index (χ3v) is 6.23. The highest BCUT2D eigenvalue weighted by molar-refractivity contribution is 7.20. The lowest BCUT2D eigenvalue weighted by Gasteiger charge is -2.33. The Morgan fingerprint density at radius 2 is 1.91 bits per heavy atom. The number of piperazine rings is 1. The molecule has 0 atom stereocenters. The van der Waals surface area contributed by atoms with Gasteiger partial charge in [0.1, 0.15) is 5.82 Å². The van der Waals surface area contributed by atoms with Crippen LogP contribution in [0.2, 0.25) is 0 Å². The zero-order valence-corrected chi connectivity index (χ0v) is 18.7. The maximum absolute atomic E-state index is 13.1. The minimum absolute atomic E-state index is 0.192. The number of nitrogens with zero attached hydrogens (tertiary/aromatic N) is 5. The number of amides is 3. The van der Waals surface area contributed by atoms with Gasteiger partial charge in [0.25, 0.3) is 0 Å². The van der Waals surface area contributed by atoms with Crippen molar-refractivity contribution in [2.24, 2.45) is 0 Å². The second-order valence-corrected chi connectivity index (χ2v) is 8.60. The number of hydrogen-bond donors (Lipinski definition) is 2. The Kier molecular flexibility index (Phi) is 6.96. The first kappa shape index (κ1) is 22.2. The lowest BCUT2D eigenvalue weighted by atomic mass is 10.2. The van der Waals surface area contributed by atoms with E-state index >= 15 is 0 Å². The number of carbonyl (C=O) groups excluding carboxylic acids is 2. The second-order valence-electron chi connectivity index (χ2n) is 7.67. The molecule has 11 heteroatoms. The van der Waals surface area contributed by atoms with E-state index in [1.807, 2.05) is 18.0 Å².